The summed E-state index contributed by atoms with van der Waals surface area (Å²) in [5.41, 5.74) is 6.97. The van der Waals surface area contributed by atoms with E-state index in [1.807, 2.05) is 31.2 Å². The molecule has 2 aromatic rings. The largest absolute Gasteiger partial charge is 0.384 e. The molecule has 1 aliphatic heterocycles. The number of piperazine rings is 1. The number of nitrogen functional groups attached to an aromatic ring is 1. The Morgan fingerprint density at radius 2 is 1.76 bits per heavy atom. The monoisotopic (exact) mass is 303 g/mol. The Labute approximate surface area is 129 Å². The van der Waals surface area contributed by atoms with E-state index in [-0.39, 0.29) is 0 Å². The van der Waals surface area contributed by atoms with Crippen molar-refractivity contribution in [2.45, 2.75) is 6.92 Å². The lowest BCUT2D eigenvalue weighted by Gasteiger charge is -2.36. The Balaban J connectivity index is 1.70. The number of aryl methyl sites for hydroxylation is 1. The van der Waals surface area contributed by atoms with E-state index in [4.69, 9.17) is 17.3 Å². The lowest BCUT2D eigenvalue weighted by molar-refractivity contribution is 0.646. The molecular weight excluding hydrogens is 286 g/mol. The molecule has 0 bridgehead atoms. The van der Waals surface area contributed by atoms with Crippen molar-refractivity contribution in [1.29, 1.82) is 0 Å². The number of halogens is 1. The van der Waals surface area contributed by atoms with Crippen LogP contribution in [0.2, 0.25) is 5.02 Å². The maximum Gasteiger partial charge on any atom is 0.134 e. The van der Waals surface area contributed by atoms with Crippen LogP contribution in [0.4, 0.5) is 17.3 Å². The lowest BCUT2D eigenvalue weighted by atomic mass is 10.2. The highest BCUT2D eigenvalue weighted by molar-refractivity contribution is 6.30. The number of rotatable bonds is 2. The van der Waals surface area contributed by atoms with Crippen molar-refractivity contribution in [3.05, 3.63) is 41.2 Å². The molecule has 1 aromatic heterocycles. The zero-order valence-corrected chi connectivity index (χ0v) is 12.7. The first-order valence-corrected chi connectivity index (χ1v) is 7.36. The van der Waals surface area contributed by atoms with Gasteiger partial charge in [-0.1, -0.05) is 17.7 Å². The molecule has 0 radical (unpaired) electrons. The van der Waals surface area contributed by atoms with Crippen LogP contribution in [0.25, 0.3) is 0 Å². The summed E-state index contributed by atoms with van der Waals surface area (Å²) in [7, 11) is 0. The molecule has 0 amide bonds. The number of nitrogens with two attached hydrogens (primary N) is 1. The summed E-state index contributed by atoms with van der Waals surface area (Å²) in [5.74, 6) is 2.14. The molecule has 21 heavy (non-hydrogen) atoms. The summed E-state index contributed by atoms with van der Waals surface area (Å²) in [4.78, 5) is 13.2. The first kappa shape index (κ1) is 13.9. The summed E-state index contributed by atoms with van der Waals surface area (Å²) in [6, 6.07) is 9.81. The number of hydrogen-bond acceptors (Lipinski definition) is 5. The third-order valence-electron chi connectivity index (χ3n) is 3.62. The van der Waals surface area contributed by atoms with E-state index < -0.39 is 0 Å². The van der Waals surface area contributed by atoms with Crippen LogP contribution in [0, 0.1) is 6.92 Å². The molecule has 0 aliphatic carbocycles. The maximum absolute atomic E-state index is 6.06. The first-order valence-electron chi connectivity index (χ1n) is 6.98. The van der Waals surface area contributed by atoms with Crippen LogP contribution in [0.5, 0.6) is 0 Å². The van der Waals surface area contributed by atoms with Crippen LogP contribution in [-0.2, 0) is 0 Å². The normalized spacial score (nSPS) is 15.3. The number of aromatic nitrogens is 2. The summed E-state index contributed by atoms with van der Waals surface area (Å²) >= 11 is 6.06. The van der Waals surface area contributed by atoms with Gasteiger partial charge in [-0.25, -0.2) is 9.97 Å². The molecule has 3 rings (SSSR count). The van der Waals surface area contributed by atoms with Gasteiger partial charge in [0.1, 0.15) is 17.5 Å². The van der Waals surface area contributed by atoms with Gasteiger partial charge in [0.25, 0.3) is 0 Å². The van der Waals surface area contributed by atoms with Crippen molar-refractivity contribution in [3.8, 4) is 0 Å². The fraction of sp³-hybridized carbons (Fsp3) is 0.333. The zero-order valence-electron chi connectivity index (χ0n) is 12.0. The van der Waals surface area contributed by atoms with Gasteiger partial charge in [0.05, 0.1) is 0 Å². The molecule has 0 unspecified atom stereocenters. The second-order valence-electron chi connectivity index (χ2n) is 5.15. The summed E-state index contributed by atoms with van der Waals surface area (Å²) in [6.45, 7) is 5.54. The van der Waals surface area contributed by atoms with Gasteiger partial charge in [0.15, 0.2) is 0 Å². The smallest absolute Gasteiger partial charge is 0.134 e. The lowest BCUT2D eigenvalue weighted by Crippen LogP contribution is -2.46. The van der Waals surface area contributed by atoms with Gasteiger partial charge in [0.2, 0.25) is 0 Å². The van der Waals surface area contributed by atoms with E-state index in [0.29, 0.717) is 11.6 Å². The van der Waals surface area contributed by atoms with Gasteiger partial charge in [-0.2, -0.15) is 0 Å². The van der Waals surface area contributed by atoms with Crippen LogP contribution >= 0.6 is 11.6 Å². The first-order chi connectivity index (χ1) is 10.1. The fourth-order valence-corrected chi connectivity index (χ4v) is 2.79. The van der Waals surface area contributed by atoms with E-state index in [9.17, 15) is 0 Å². The Morgan fingerprint density at radius 3 is 2.43 bits per heavy atom. The topological polar surface area (TPSA) is 58.3 Å². The molecule has 1 saturated heterocycles. The van der Waals surface area contributed by atoms with Crippen molar-refractivity contribution < 1.29 is 0 Å². The molecule has 110 valence electrons. The molecule has 5 nitrogen and oxygen atoms in total. The van der Waals surface area contributed by atoms with Gasteiger partial charge < -0.3 is 15.5 Å². The van der Waals surface area contributed by atoms with E-state index in [1.54, 1.807) is 0 Å². The minimum atomic E-state index is 0.523. The standard InChI is InChI=1S/C15H18ClN5/c1-11-18-14(17)10-15(19-11)21-7-5-20(6-8-21)13-4-2-3-12(16)9-13/h2-4,9-10H,5-8H2,1H3,(H2,17,18,19). The van der Waals surface area contributed by atoms with Crippen molar-refractivity contribution in [3.63, 3.8) is 0 Å². The molecule has 6 heteroatoms. The Kier molecular flexibility index (Phi) is 3.84. The van der Waals surface area contributed by atoms with E-state index in [0.717, 1.165) is 37.0 Å². The number of benzene rings is 1. The van der Waals surface area contributed by atoms with Gasteiger partial charge in [-0.3, -0.25) is 0 Å². The van der Waals surface area contributed by atoms with Gasteiger partial charge in [0, 0.05) is 43.0 Å². The highest BCUT2D eigenvalue weighted by Gasteiger charge is 2.19. The maximum atomic E-state index is 6.06. The fourth-order valence-electron chi connectivity index (χ4n) is 2.60. The van der Waals surface area contributed by atoms with Crippen LogP contribution in [-0.4, -0.2) is 36.1 Å². The molecule has 2 N–H and O–H groups in total. The molecule has 1 aromatic carbocycles. The minimum Gasteiger partial charge on any atom is -0.384 e. The summed E-state index contributed by atoms with van der Waals surface area (Å²) in [5, 5.41) is 0.772. The Bertz CT molecular complexity index is 617. The zero-order chi connectivity index (χ0) is 14.8. The molecular formula is C15H18ClN5. The Morgan fingerprint density at radius 1 is 1.05 bits per heavy atom. The average Bonchev–Trinajstić information content (AvgIpc) is 2.46. The van der Waals surface area contributed by atoms with E-state index in [1.165, 1.54) is 5.69 Å². The molecule has 1 aliphatic rings. The van der Waals surface area contributed by atoms with Crippen molar-refractivity contribution in [1.82, 2.24) is 9.97 Å². The van der Waals surface area contributed by atoms with Crippen LogP contribution in [0.1, 0.15) is 5.82 Å². The molecule has 2 heterocycles. The number of hydrogen-bond donors (Lipinski definition) is 1. The van der Waals surface area contributed by atoms with E-state index in [2.05, 4.69) is 25.8 Å². The van der Waals surface area contributed by atoms with Gasteiger partial charge in [-0.15, -0.1) is 0 Å². The molecule has 0 saturated carbocycles. The van der Waals surface area contributed by atoms with Crippen LogP contribution in [0.3, 0.4) is 0 Å². The minimum absolute atomic E-state index is 0.523. The second-order valence-corrected chi connectivity index (χ2v) is 5.59. The highest BCUT2D eigenvalue weighted by atomic mass is 35.5. The Hall–Kier alpha value is -2.01. The third-order valence-corrected chi connectivity index (χ3v) is 3.86. The van der Waals surface area contributed by atoms with Crippen LogP contribution in [0.15, 0.2) is 30.3 Å². The summed E-state index contributed by atoms with van der Waals surface area (Å²) < 4.78 is 0. The van der Waals surface area contributed by atoms with Crippen molar-refractivity contribution in [2.75, 3.05) is 41.7 Å². The molecule has 1 fully saturated rings. The quantitative estimate of drug-likeness (QED) is 0.923. The van der Waals surface area contributed by atoms with E-state index >= 15 is 0 Å². The average molecular weight is 304 g/mol. The van der Waals surface area contributed by atoms with Crippen molar-refractivity contribution >= 4 is 28.9 Å². The predicted molar refractivity (Wildman–Crippen MR) is 87.1 cm³/mol. The van der Waals surface area contributed by atoms with Gasteiger partial charge >= 0.3 is 0 Å². The van der Waals surface area contributed by atoms with Gasteiger partial charge in [-0.05, 0) is 25.1 Å². The number of nitrogens with zero attached hydrogens (tertiary/aromatic N) is 4. The summed E-state index contributed by atoms with van der Waals surface area (Å²) in [6.07, 6.45) is 0. The number of anilines is 3. The second kappa shape index (κ2) is 5.77. The highest BCUT2D eigenvalue weighted by Crippen LogP contribution is 2.22. The van der Waals surface area contributed by atoms with Crippen LogP contribution < -0.4 is 15.5 Å². The molecule has 0 atom stereocenters. The third kappa shape index (κ3) is 3.19. The van der Waals surface area contributed by atoms with Crippen molar-refractivity contribution in [2.24, 2.45) is 0 Å². The predicted octanol–water partition coefficient (Wildman–Crippen LogP) is 2.35. The molecule has 0 spiro atoms. The SMILES string of the molecule is Cc1nc(N)cc(N2CCN(c3cccc(Cl)c3)CC2)n1.